The highest BCUT2D eigenvalue weighted by Crippen LogP contribution is 2.53. The second-order valence-electron chi connectivity index (χ2n) is 12.2. The number of rotatable bonds is 12. The molecule has 1 amide bonds. The van der Waals surface area contributed by atoms with Crippen LogP contribution in [0.25, 0.3) is 0 Å². The molecule has 0 bridgehead atoms. The van der Waals surface area contributed by atoms with Gasteiger partial charge in [-0.25, -0.2) is 8.42 Å². The molecule has 1 aromatic carbocycles. The Hall–Kier alpha value is -1.15. The minimum Gasteiger partial charge on any atom is -0.390 e. The van der Waals surface area contributed by atoms with Gasteiger partial charge in [0.15, 0.2) is 0 Å². The fraction of sp³-hybridized carbons (Fsp3) is 0.767. The van der Waals surface area contributed by atoms with Gasteiger partial charge in [-0.1, -0.05) is 51.1 Å². The molecule has 2 unspecified atom stereocenters. The van der Waals surface area contributed by atoms with E-state index in [9.17, 15) is 18.3 Å². The van der Waals surface area contributed by atoms with Crippen molar-refractivity contribution >= 4 is 27.5 Å². The van der Waals surface area contributed by atoms with Crippen molar-refractivity contribution in [1.82, 2.24) is 9.21 Å². The molecule has 0 aromatic heterocycles. The van der Waals surface area contributed by atoms with E-state index in [1.54, 1.807) is 24.3 Å². The summed E-state index contributed by atoms with van der Waals surface area (Å²) in [5.74, 6) is 0.230. The molecule has 2 aliphatic heterocycles. The van der Waals surface area contributed by atoms with Gasteiger partial charge >= 0.3 is 0 Å². The largest absolute Gasteiger partial charge is 0.390 e. The molecule has 3 aliphatic rings. The standard InChI is InChI=1S/C30H47ClN2O4S/c1-3-7-25-8-5-9-26(33(25)38(36,37)27-13-11-24(31)12-14-27)10-6-16-29(17-18-29)23-28(34)32-21-19-30(35,15-4-2)20-22-32/h11-14,25-26,35H,3-10,15-23H2,1-2H3. The zero-order valence-electron chi connectivity index (χ0n) is 23.3. The number of hydrogen-bond donors (Lipinski definition) is 1. The number of nitrogens with zero attached hydrogens (tertiary/aromatic N) is 2. The van der Waals surface area contributed by atoms with Gasteiger partial charge < -0.3 is 10.0 Å². The summed E-state index contributed by atoms with van der Waals surface area (Å²) in [6.07, 6.45) is 13.4. The highest BCUT2D eigenvalue weighted by atomic mass is 35.5. The fourth-order valence-corrected chi connectivity index (χ4v) is 8.92. The van der Waals surface area contributed by atoms with Crippen LogP contribution in [0.1, 0.15) is 110 Å². The number of likely N-dealkylation sites (tertiary alicyclic amines) is 1. The highest BCUT2D eigenvalue weighted by molar-refractivity contribution is 7.89. The predicted octanol–water partition coefficient (Wildman–Crippen LogP) is 6.55. The average Bonchev–Trinajstić information content (AvgIpc) is 3.64. The Bertz CT molecular complexity index is 1030. The zero-order valence-corrected chi connectivity index (χ0v) is 24.9. The van der Waals surface area contributed by atoms with E-state index in [0.29, 0.717) is 42.3 Å². The predicted molar refractivity (Wildman–Crippen MR) is 153 cm³/mol. The lowest BCUT2D eigenvalue weighted by Gasteiger charge is -2.41. The van der Waals surface area contributed by atoms with Crippen LogP contribution in [-0.2, 0) is 14.8 Å². The first kappa shape index (κ1) is 29.8. The van der Waals surface area contributed by atoms with E-state index in [2.05, 4.69) is 13.8 Å². The lowest BCUT2D eigenvalue weighted by Crippen LogP contribution is -2.50. The van der Waals surface area contributed by atoms with Crippen molar-refractivity contribution in [3.05, 3.63) is 29.3 Å². The van der Waals surface area contributed by atoms with Crippen LogP contribution in [0, 0.1) is 5.41 Å². The summed E-state index contributed by atoms with van der Waals surface area (Å²) in [5, 5.41) is 11.2. The van der Waals surface area contributed by atoms with Crippen LogP contribution in [0.3, 0.4) is 0 Å². The number of carbonyl (C=O) groups is 1. The molecule has 1 aromatic rings. The molecule has 4 rings (SSSR count). The van der Waals surface area contributed by atoms with Gasteiger partial charge in [0.05, 0.1) is 10.5 Å². The monoisotopic (exact) mass is 566 g/mol. The van der Waals surface area contributed by atoms with Gasteiger partial charge in [0.25, 0.3) is 0 Å². The minimum absolute atomic E-state index is 0.00539. The quantitative estimate of drug-likeness (QED) is 0.311. The van der Waals surface area contributed by atoms with Gasteiger partial charge in [-0.3, -0.25) is 4.79 Å². The van der Waals surface area contributed by atoms with Crippen molar-refractivity contribution in [2.45, 2.75) is 133 Å². The third-order valence-corrected chi connectivity index (χ3v) is 11.6. The van der Waals surface area contributed by atoms with Crippen LogP contribution in [-0.4, -0.2) is 59.4 Å². The Morgan fingerprint density at radius 2 is 1.61 bits per heavy atom. The van der Waals surface area contributed by atoms with E-state index < -0.39 is 15.6 Å². The summed E-state index contributed by atoms with van der Waals surface area (Å²) in [7, 11) is -3.60. The molecule has 1 saturated carbocycles. The van der Waals surface area contributed by atoms with Crippen LogP contribution >= 0.6 is 11.6 Å². The maximum Gasteiger partial charge on any atom is 0.243 e. The van der Waals surface area contributed by atoms with Crippen LogP contribution in [0.4, 0.5) is 0 Å². The molecule has 3 fully saturated rings. The van der Waals surface area contributed by atoms with Crippen molar-refractivity contribution in [2.75, 3.05) is 13.1 Å². The Balaban J connectivity index is 1.35. The minimum atomic E-state index is -3.60. The first-order valence-electron chi connectivity index (χ1n) is 14.9. The molecule has 38 heavy (non-hydrogen) atoms. The van der Waals surface area contributed by atoms with Crippen LogP contribution in [0.2, 0.25) is 5.02 Å². The number of benzene rings is 1. The Morgan fingerprint density at radius 1 is 0.974 bits per heavy atom. The summed E-state index contributed by atoms with van der Waals surface area (Å²) in [5.41, 5.74) is -0.512. The molecule has 1 N–H and O–H groups in total. The van der Waals surface area contributed by atoms with Crippen molar-refractivity contribution in [3.8, 4) is 0 Å². The van der Waals surface area contributed by atoms with E-state index in [1.807, 2.05) is 9.21 Å². The second-order valence-corrected chi connectivity index (χ2v) is 14.5. The summed E-state index contributed by atoms with van der Waals surface area (Å²) in [4.78, 5) is 15.4. The molecule has 6 nitrogen and oxygen atoms in total. The summed E-state index contributed by atoms with van der Waals surface area (Å²) in [6, 6.07) is 6.61. The maximum absolute atomic E-state index is 13.8. The van der Waals surface area contributed by atoms with Crippen molar-refractivity contribution in [3.63, 3.8) is 0 Å². The topological polar surface area (TPSA) is 77.9 Å². The van der Waals surface area contributed by atoms with Gasteiger partial charge in [0, 0.05) is 36.6 Å². The molecule has 1 aliphatic carbocycles. The summed E-state index contributed by atoms with van der Waals surface area (Å²) < 4.78 is 29.4. The average molecular weight is 567 g/mol. The number of piperidine rings is 2. The van der Waals surface area contributed by atoms with Gasteiger partial charge in [-0.15, -0.1) is 0 Å². The van der Waals surface area contributed by atoms with E-state index in [4.69, 9.17) is 11.6 Å². The molecule has 0 radical (unpaired) electrons. The van der Waals surface area contributed by atoms with E-state index in [0.717, 1.165) is 77.0 Å². The Morgan fingerprint density at radius 3 is 2.18 bits per heavy atom. The molecule has 2 atom stereocenters. The lowest BCUT2D eigenvalue weighted by molar-refractivity contribution is -0.137. The first-order valence-corrected chi connectivity index (χ1v) is 16.7. The normalized spacial score (nSPS) is 25.3. The SMILES string of the molecule is CCCC1CCCC(CCCC2(CC(=O)N3CCC(O)(CCC)CC3)CC2)N1S(=O)(=O)c1ccc(Cl)cc1. The third kappa shape index (κ3) is 7.13. The summed E-state index contributed by atoms with van der Waals surface area (Å²) >= 11 is 6.04. The van der Waals surface area contributed by atoms with Crippen LogP contribution < -0.4 is 0 Å². The maximum atomic E-state index is 13.8. The number of halogens is 1. The molecule has 0 spiro atoms. The van der Waals surface area contributed by atoms with Crippen molar-refractivity contribution in [2.24, 2.45) is 5.41 Å². The van der Waals surface area contributed by atoms with Gasteiger partial charge in [-0.2, -0.15) is 4.31 Å². The van der Waals surface area contributed by atoms with Crippen molar-refractivity contribution < 1.29 is 18.3 Å². The van der Waals surface area contributed by atoms with E-state index >= 15 is 0 Å². The van der Waals surface area contributed by atoms with Crippen LogP contribution in [0.5, 0.6) is 0 Å². The molecular formula is C30H47ClN2O4S. The Kier molecular flexibility index (Phi) is 9.87. The van der Waals surface area contributed by atoms with Crippen LogP contribution in [0.15, 0.2) is 29.2 Å². The third-order valence-electron chi connectivity index (χ3n) is 9.30. The highest BCUT2D eigenvalue weighted by Gasteiger charge is 2.46. The smallest absolute Gasteiger partial charge is 0.243 e. The van der Waals surface area contributed by atoms with Crippen molar-refractivity contribution in [1.29, 1.82) is 0 Å². The molecule has 8 heteroatoms. The van der Waals surface area contributed by atoms with E-state index in [1.165, 1.54) is 0 Å². The lowest BCUT2D eigenvalue weighted by atomic mass is 9.86. The number of hydrogen-bond acceptors (Lipinski definition) is 4. The van der Waals surface area contributed by atoms with Gasteiger partial charge in [0.1, 0.15) is 0 Å². The molecular weight excluding hydrogens is 520 g/mol. The molecule has 2 saturated heterocycles. The second kappa shape index (κ2) is 12.6. The Labute approximate surface area is 235 Å². The first-order chi connectivity index (χ1) is 18.1. The number of amides is 1. The number of sulfonamides is 1. The van der Waals surface area contributed by atoms with E-state index in [-0.39, 0.29) is 23.4 Å². The summed E-state index contributed by atoms with van der Waals surface area (Å²) in [6.45, 7) is 5.53. The zero-order chi connectivity index (χ0) is 27.4. The number of aliphatic hydroxyl groups is 1. The fourth-order valence-electron chi connectivity index (χ4n) is 6.86. The van der Waals surface area contributed by atoms with Gasteiger partial charge in [0.2, 0.25) is 15.9 Å². The van der Waals surface area contributed by atoms with Gasteiger partial charge in [-0.05, 0) is 93.9 Å². The molecule has 2 heterocycles. The number of carbonyl (C=O) groups excluding carboxylic acids is 1. The molecule has 214 valence electrons.